The molecule has 0 amide bonds. The van der Waals surface area contributed by atoms with E-state index < -0.39 is 10.0 Å². The summed E-state index contributed by atoms with van der Waals surface area (Å²) in [7, 11) is -3.90. The van der Waals surface area contributed by atoms with Crippen molar-refractivity contribution < 1.29 is 8.42 Å². The summed E-state index contributed by atoms with van der Waals surface area (Å²) in [5.74, 6) is 0.197. The second-order valence-electron chi connectivity index (χ2n) is 5.56. The van der Waals surface area contributed by atoms with E-state index in [-0.39, 0.29) is 10.7 Å². The molecule has 1 heterocycles. The summed E-state index contributed by atoms with van der Waals surface area (Å²) in [6.45, 7) is 0. The van der Waals surface area contributed by atoms with Gasteiger partial charge < -0.3 is 0 Å². The van der Waals surface area contributed by atoms with Crippen LogP contribution in [0.2, 0.25) is 0 Å². The molecule has 4 rings (SSSR count). The normalized spacial score (nSPS) is 12.4. The average Bonchev–Trinajstić information content (AvgIpc) is 3.11. The van der Waals surface area contributed by atoms with Gasteiger partial charge in [0, 0.05) is 5.56 Å². The fourth-order valence-corrected chi connectivity index (χ4v) is 3.60. The predicted molar refractivity (Wildman–Crippen MR) is 99.5 cm³/mol. The quantitative estimate of drug-likeness (QED) is 0.414. The monoisotopic (exact) mass is 362 g/mol. The highest BCUT2D eigenvalue weighted by Crippen LogP contribution is 2.17. The van der Waals surface area contributed by atoms with Gasteiger partial charge in [-0.25, -0.2) is 0 Å². The number of para-hydroxylation sites is 1. The van der Waals surface area contributed by atoms with Crippen LogP contribution in [-0.2, 0) is 10.0 Å². The number of rotatable bonds is 3. The Morgan fingerprint density at radius 2 is 1.42 bits per heavy atom. The van der Waals surface area contributed by atoms with Crippen LogP contribution in [0.5, 0.6) is 0 Å². The maximum Gasteiger partial charge on any atom is 0.284 e. The van der Waals surface area contributed by atoms with Crippen molar-refractivity contribution in [3.05, 3.63) is 90.5 Å². The van der Waals surface area contributed by atoms with E-state index in [9.17, 15) is 8.42 Å². The van der Waals surface area contributed by atoms with Gasteiger partial charge in [0.05, 0.1) is 10.4 Å². The first-order chi connectivity index (χ1) is 12.6. The first-order valence-corrected chi connectivity index (χ1v) is 9.35. The van der Waals surface area contributed by atoms with E-state index in [0.717, 1.165) is 0 Å². The molecule has 7 heteroatoms. The van der Waals surface area contributed by atoms with Crippen molar-refractivity contribution in [1.29, 1.82) is 0 Å². The van der Waals surface area contributed by atoms with Crippen LogP contribution in [0.3, 0.4) is 0 Å². The third-order valence-electron chi connectivity index (χ3n) is 3.83. The van der Waals surface area contributed by atoms with Crippen LogP contribution in [-0.4, -0.2) is 29.2 Å². The van der Waals surface area contributed by atoms with Gasteiger partial charge in [-0.3, -0.25) is 0 Å². The lowest BCUT2D eigenvalue weighted by atomic mass is 10.2. The van der Waals surface area contributed by atoms with Crippen molar-refractivity contribution in [3.8, 4) is 0 Å². The lowest BCUT2D eigenvalue weighted by molar-refractivity contribution is 0.597. The van der Waals surface area contributed by atoms with Crippen LogP contribution < -0.4 is 0 Å². The van der Waals surface area contributed by atoms with Crippen LogP contribution in [0.4, 0.5) is 0 Å². The summed E-state index contributed by atoms with van der Waals surface area (Å²) in [5.41, 5.74) is 1.97. The highest BCUT2D eigenvalue weighted by molar-refractivity contribution is 7.90. The molecule has 1 aromatic heterocycles. The van der Waals surface area contributed by atoms with E-state index in [1.54, 1.807) is 30.3 Å². The average molecular weight is 362 g/mol. The molecule has 0 spiro atoms. The van der Waals surface area contributed by atoms with Crippen LogP contribution in [0.15, 0.2) is 94.2 Å². The van der Waals surface area contributed by atoms with Crippen LogP contribution in [0.25, 0.3) is 11.0 Å². The molecule has 0 radical (unpaired) electrons. The Balaban J connectivity index is 1.96. The van der Waals surface area contributed by atoms with Crippen molar-refractivity contribution in [2.24, 2.45) is 4.40 Å². The highest BCUT2D eigenvalue weighted by Gasteiger charge is 2.18. The summed E-state index contributed by atoms with van der Waals surface area (Å²) >= 11 is 0. The smallest absolute Gasteiger partial charge is 0.199 e. The molecule has 0 aliphatic rings. The molecule has 0 N–H and O–H groups in total. The number of nitrogens with zero attached hydrogens (tertiary/aromatic N) is 4. The minimum atomic E-state index is -3.90. The topological polar surface area (TPSA) is 77.2 Å². The van der Waals surface area contributed by atoms with Gasteiger partial charge in [-0.05, 0) is 24.3 Å². The molecule has 0 unspecified atom stereocenters. The first kappa shape index (κ1) is 16.2. The number of sulfonamides is 1. The fourth-order valence-electron chi connectivity index (χ4n) is 2.59. The molecule has 0 aliphatic heterocycles. The number of hydrogen-bond donors (Lipinski definition) is 0. The number of benzene rings is 3. The zero-order valence-electron chi connectivity index (χ0n) is 13.6. The van der Waals surface area contributed by atoms with Crippen LogP contribution in [0, 0.1) is 0 Å². The molecular weight excluding hydrogens is 348 g/mol. The standard InChI is InChI=1S/C19H14N4O2S/c24-26(25,16-11-5-2-6-12-16)21-19(15-9-3-1-4-10-15)23-18-14-8-7-13-17(18)20-22-23/h1-14H. The van der Waals surface area contributed by atoms with Crippen molar-refractivity contribution >= 4 is 26.9 Å². The van der Waals surface area contributed by atoms with Crippen molar-refractivity contribution in [2.75, 3.05) is 0 Å². The SMILES string of the molecule is O=S(=O)(N=C(c1ccccc1)n1nnc2ccccc21)c1ccccc1. The Bertz CT molecular complexity index is 1180. The Hall–Kier alpha value is -3.32. The number of aromatic nitrogens is 3. The van der Waals surface area contributed by atoms with E-state index >= 15 is 0 Å². The van der Waals surface area contributed by atoms with Gasteiger partial charge in [-0.2, -0.15) is 13.1 Å². The third kappa shape index (κ3) is 3.00. The van der Waals surface area contributed by atoms with E-state index in [4.69, 9.17) is 0 Å². The largest absolute Gasteiger partial charge is 0.284 e. The van der Waals surface area contributed by atoms with Crippen LogP contribution >= 0.6 is 0 Å². The fraction of sp³-hybridized carbons (Fsp3) is 0. The maximum absolute atomic E-state index is 12.8. The van der Waals surface area contributed by atoms with Crippen LogP contribution in [0.1, 0.15) is 5.56 Å². The predicted octanol–water partition coefficient (Wildman–Crippen LogP) is 3.12. The van der Waals surface area contributed by atoms with Gasteiger partial charge >= 0.3 is 0 Å². The molecule has 26 heavy (non-hydrogen) atoms. The minimum absolute atomic E-state index is 0.123. The zero-order valence-corrected chi connectivity index (χ0v) is 14.4. The Morgan fingerprint density at radius 3 is 2.15 bits per heavy atom. The molecule has 0 bridgehead atoms. The molecule has 0 atom stereocenters. The molecule has 0 saturated heterocycles. The lowest BCUT2D eigenvalue weighted by Crippen LogP contribution is -2.17. The van der Waals surface area contributed by atoms with Crippen molar-refractivity contribution in [3.63, 3.8) is 0 Å². The highest BCUT2D eigenvalue weighted by atomic mass is 32.2. The van der Waals surface area contributed by atoms with Gasteiger partial charge in [0.2, 0.25) is 0 Å². The molecule has 4 aromatic rings. The molecular formula is C19H14N4O2S. The molecule has 3 aromatic carbocycles. The Kier molecular flexibility index (Phi) is 4.06. The van der Waals surface area contributed by atoms with E-state index in [1.165, 1.54) is 16.8 Å². The summed E-state index contributed by atoms with van der Waals surface area (Å²) < 4.78 is 31.1. The van der Waals surface area contributed by atoms with Gasteiger partial charge in [-0.15, -0.1) is 9.50 Å². The Labute approximate surface area is 150 Å². The maximum atomic E-state index is 12.8. The summed E-state index contributed by atoms with van der Waals surface area (Å²) in [6, 6.07) is 24.5. The second kappa shape index (κ2) is 6.53. The molecule has 6 nitrogen and oxygen atoms in total. The second-order valence-corrected chi connectivity index (χ2v) is 7.16. The van der Waals surface area contributed by atoms with Gasteiger partial charge in [0.25, 0.3) is 10.0 Å². The molecule has 0 saturated carbocycles. The Morgan fingerprint density at radius 1 is 0.808 bits per heavy atom. The molecule has 128 valence electrons. The number of hydrogen-bond acceptors (Lipinski definition) is 4. The summed E-state index contributed by atoms with van der Waals surface area (Å²) in [4.78, 5) is 0.123. The van der Waals surface area contributed by atoms with Gasteiger partial charge in [-0.1, -0.05) is 65.9 Å². The molecule has 0 fully saturated rings. The van der Waals surface area contributed by atoms with Crippen molar-refractivity contribution in [2.45, 2.75) is 4.90 Å². The van der Waals surface area contributed by atoms with E-state index in [0.29, 0.717) is 16.6 Å². The summed E-state index contributed by atoms with van der Waals surface area (Å²) in [5, 5.41) is 8.23. The van der Waals surface area contributed by atoms with Gasteiger partial charge in [0.15, 0.2) is 5.84 Å². The minimum Gasteiger partial charge on any atom is -0.199 e. The van der Waals surface area contributed by atoms with Crippen molar-refractivity contribution in [1.82, 2.24) is 15.0 Å². The lowest BCUT2D eigenvalue weighted by Gasteiger charge is -2.08. The van der Waals surface area contributed by atoms with E-state index in [2.05, 4.69) is 14.7 Å². The molecule has 0 aliphatic carbocycles. The number of fused-ring (bicyclic) bond motifs is 1. The van der Waals surface area contributed by atoms with E-state index in [1.807, 2.05) is 42.5 Å². The third-order valence-corrected chi connectivity index (χ3v) is 5.11. The summed E-state index contributed by atoms with van der Waals surface area (Å²) in [6.07, 6.45) is 0. The first-order valence-electron chi connectivity index (χ1n) is 7.91. The van der Waals surface area contributed by atoms with Gasteiger partial charge in [0.1, 0.15) is 5.52 Å². The zero-order chi connectivity index (χ0) is 18.0.